The molecular weight excluding hydrogens is 224 g/mol. The SMILES string of the molecule is CCNc1cc(N(CC)C2CC2)nc(C2CC2)n1. The normalized spacial score (nSPS) is 18.8. The fraction of sp³-hybridized carbons (Fsp3) is 0.714. The summed E-state index contributed by atoms with van der Waals surface area (Å²) in [5.74, 6) is 3.76. The Labute approximate surface area is 109 Å². The van der Waals surface area contributed by atoms with Crippen molar-refractivity contribution in [2.45, 2.75) is 51.5 Å². The zero-order chi connectivity index (χ0) is 12.5. The van der Waals surface area contributed by atoms with E-state index in [1.807, 2.05) is 0 Å². The van der Waals surface area contributed by atoms with Gasteiger partial charge in [0.05, 0.1) is 0 Å². The number of nitrogens with zero attached hydrogens (tertiary/aromatic N) is 3. The van der Waals surface area contributed by atoms with Gasteiger partial charge >= 0.3 is 0 Å². The van der Waals surface area contributed by atoms with Crippen LogP contribution in [0.15, 0.2) is 6.07 Å². The number of nitrogens with one attached hydrogen (secondary N) is 1. The second kappa shape index (κ2) is 4.75. The molecule has 1 N–H and O–H groups in total. The first-order valence-electron chi connectivity index (χ1n) is 7.21. The molecule has 18 heavy (non-hydrogen) atoms. The Bertz CT molecular complexity index is 424. The van der Waals surface area contributed by atoms with Crippen LogP contribution >= 0.6 is 0 Å². The maximum absolute atomic E-state index is 4.78. The molecule has 0 unspecified atom stereocenters. The van der Waals surface area contributed by atoms with Crippen molar-refractivity contribution in [1.82, 2.24) is 9.97 Å². The zero-order valence-corrected chi connectivity index (χ0v) is 11.3. The summed E-state index contributed by atoms with van der Waals surface area (Å²) >= 11 is 0. The molecule has 2 saturated carbocycles. The largest absolute Gasteiger partial charge is 0.370 e. The minimum Gasteiger partial charge on any atom is -0.370 e. The van der Waals surface area contributed by atoms with Crippen molar-refractivity contribution < 1.29 is 0 Å². The monoisotopic (exact) mass is 246 g/mol. The highest BCUT2D eigenvalue weighted by Gasteiger charge is 2.31. The minimum absolute atomic E-state index is 0.611. The van der Waals surface area contributed by atoms with Gasteiger partial charge in [-0.05, 0) is 39.5 Å². The minimum atomic E-state index is 0.611. The molecule has 4 nitrogen and oxygen atoms in total. The molecule has 2 aliphatic rings. The molecule has 0 atom stereocenters. The Morgan fingerprint density at radius 2 is 2.00 bits per heavy atom. The lowest BCUT2D eigenvalue weighted by molar-refractivity contribution is 0.790. The molecule has 1 heterocycles. The van der Waals surface area contributed by atoms with E-state index in [-0.39, 0.29) is 0 Å². The first-order chi connectivity index (χ1) is 8.81. The number of hydrogen-bond donors (Lipinski definition) is 1. The van der Waals surface area contributed by atoms with Crippen molar-refractivity contribution in [3.63, 3.8) is 0 Å². The molecule has 0 radical (unpaired) electrons. The summed E-state index contributed by atoms with van der Waals surface area (Å²) in [7, 11) is 0. The summed E-state index contributed by atoms with van der Waals surface area (Å²) in [5, 5.41) is 3.33. The maximum atomic E-state index is 4.78. The third-order valence-corrected chi connectivity index (χ3v) is 3.65. The average molecular weight is 246 g/mol. The van der Waals surface area contributed by atoms with E-state index in [9.17, 15) is 0 Å². The van der Waals surface area contributed by atoms with E-state index >= 15 is 0 Å². The summed E-state index contributed by atoms with van der Waals surface area (Å²) in [5.41, 5.74) is 0. The predicted molar refractivity (Wildman–Crippen MR) is 74.2 cm³/mol. The second-order valence-electron chi connectivity index (χ2n) is 5.29. The standard InChI is InChI=1S/C14H22N4/c1-3-15-12-9-13(18(4-2)11-7-8-11)17-14(16-12)10-5-6-10/h9-11H,3-8H2,1-2H3,(H,15,16,17). The lowest BCUT2D eigenvalue weighted by atomic mass is 10.3. The zero-order valence-electron chi connectivity index (χ0n) is 11.3. The molecule has 2 aliphatic carbocycles. The Hall–Kier alpha value is -1.32. The summed E-state index contributed by atoms with van der Waals surface area (Å²) in [6, 6.07) is 2.82. The molecule has 1 aromatic heterocycles. The van der Waals surface area contributed by atoms with Crippen LogP contribution in [0.4, 0.5) is 11.6 Å². The predicted octanol–water partition coefficient (Wildman–Crippen LogP) is 2.77. The Kier molecular flexibility index (Phi) is 3.10. The molecular formula is C14H22N4. The molecule has 0 spiro atoms. The van der Waals surface area contributed by atoms with E-state index in [1.54, 1.807) is 0 Å². The highest BCUT2D eigenvalue weighted by Crippen LogP contribution is 2.40. The van der Waals surface area contributed by atoms with Crippen molar-refractivity contribution in [3.05, 3.63) is 11.9 Å². The molecule has 0 bridgehead atoms. The molecule has 0 saturated heterocycles. The van der Waals surface area contributed by atoms with Crippen molar-refractivity contribution in [1.29, 1.82) is 0 Å². The average Bonchev–Trinajstić information content (AvgIpc) is 3.24. The maximum Gasteiger partial charge on any atom is 0.136 e. The molecule has 98 valence electrons. The molecule has 1 aromatic rings. The fourth-order valence-corrected chi connectivity index (χ4v) is 2.39. The highest BCUT2D eigenvalue weighted by atomic mass is 15.2. The number of rotatable bonds is 6. The second-order valence-corrected chi connectivity index (χ2v) is 5.29. The summed E-state index contributed by atoms with van der Waals surface area (Å²) in [6.07, 6.45) is 5.13. The Morgan fingerprint density at radius 3 is 2.56 bits per heavy atom. The van der Waals surface area contributed by atoms with Gasteiger partial charge in [0.2, 0.25) is 0 Å². The smallest absolute Gasteiger partial charge is 0.136 e. The van der Waals surface area contributed by atoms with Gasteiger partial charge < -0.3 is 10.2 Å². The summed E-state index contributed by atoms with van der Waals surface area (Å²) in [4.78, 5) is 11.8. The third kappa shape index (κ3) is 2.42. The van der Waals surface area contributed by atoms with E-state index in [2.05, 4.69) is 35.1 Å². The molecule has 4 heteroatoms. The van der Waals surface area contributed by atoms with Gasteiger partial charge in [-0.1, -0.05) is 0 Å². The van der Waals surface area contributed by atoms with Crippen LogP contribution in [0, 0.1) is 0 Å². The van der Waals surface area contributed by atoms with Crippen molar-refractivity contribution in [2.24, 2.45) is 0 Å². The quantitative estimate of drug-likeness (QED) is 0.838. The number of hydrogen-bond acceptors (Lipinski definition) is 4. The van der Waals surface area contributed by atoms with Crippen LogP contribution in [0.2, 0.25) is 0 Å². The van der Waals surface area contributed by atoms with Crippen LogP contribution in [0.5, 0.6) is 0 Å². The van der Waals surface area contributed by atoms with Crippen LogP contribution in [0.3, 0.4) is 0 Å². The van der Waals surface area contributed by atoms with Gasteiger partial charge in [-0.2, -0.15) is 0 Å². The van der Waals surface area contributed by atoms with Crippen molar-refractivity contribution in [2.75, 3.05) is 23.3 Å². The number of anilines is 2. The van der Waals surface area contributed by atoms with Gasteiger partial charge in [0.15, 0.2) is 0 Å². The van der Waals surface area contributed by atoms with Gasteiger partial charge in [0, 0.05) is 31.1 Å². The van der Waals surface area contributed by atoms with Crippen molar-refractivity contribution >= 4 is 11.6 Å². The number of aromatic nitrogens is 2. The first kappa shape index (κ1) is 11.8. The lowest BCUT2D eigenvalue weighted by Gasteiger charge is -2.22. The van der Waals surface area contributed by atoms with Crippen LogP contribution in [-0.2, 0) is 0 Å². The topological polar surface area (TPSA) is 41.0 Å². The van der Waals surface area contributed by atoms with E-state index in [0.717, 1.165) is 30.5 Å². The van der Waals surface area contributed by atoms with Gasteiger partial charge in [0.1, 0.15) is 17.5 Å². The van der Waals surface area contributed by atoms with Crippen LogP contribution in [-0.4, -0.2) is 29.1 Å². The van der Waals surface area contributed by atoms with Gasteiger partial charge in [-0.3, -0.25) is 0 Å². The van der Waals surface area contributed by atoms with Crippen LogP contribution in [0.25, 0.3) is 0 Å². The molecule has 0 aromatic carbocycles. The van der Waals surface area contributed by atoms with E-state index < -0.39 is 0 Å². The van der Waals surface area contributed by atoms with Gasteiger partial charge in [-0.25, -0.2) is 9.97 Å². The fourth-order valence-electron chi connectivity index (χ4n) is 2.39. The van der Waals surface area contributed by atoms with Crippen molar-refractivity contribution in [3.8, 4) is 0 Å². The van der Waals surface area contributed by atoms with E-state index in [0.29, 0.717) is 12.0 Å². The Balaban J connectivity index is 1.90. The third-order valence-electron chi connectivity index (χ3n) is 3.65. The first-order valence-corrected chi connectivity index (χ1v) is 7.21. The summed E-state index contributed by atoms with van der Waals surface area (Å²) in [6.45, 7) is 6.27. The van der Waals surface area contributed by atoms with Gasteiger partial charge in [0.25, 0.3) is 0 Å². The van der Waals surface area contributed by atoms with Crippen LogP contribution in [0.1, 0.15) is 51.3 Å². The van der Waals surface area contributed by atoms with Crippen LogP contribution < -0.4 is 10.2 Å². The van der Waals surface area contributed by atoms with E-state index in [4.69, 9.17) is 4.98 Å². The molecule has 3 rings (SSSR count). The molecule has 2 fully saturated rings. The summed E-state index contributed by atoms with van der Waals surface area (Å²) < 4.78 is 0. The molecule has 0 amide bonds. The molecule has 0 aliphatic heterocycles. The lowest BCUT2D eigenvalue weighted by Crippen LogP contribution is -2.26. The van der Waals surface area contributed by atoms with E-state index in [1.165, 1.54) is 25.7 Å². The highest BCUT2D eigenvalue weighted by molar-refractivity contribution is 5.51. The Morgan fingerprint density at radius 1 is 1.22 bits per heavy atom. The van der Waals surface area contributed by atoms with Gasteiger partial charge in [-0.15, -0.1) is 0 Å².